The number of hydrogen-bond donors (Lipinski definition) is 2. The van der Waals surface area contributed by atoms with Crippen LogP contribution in [0.4, 0.5) is 18.9 Å². The lowest BCUT2D eigenvalue weighted by Crippen LogP contribution is -2.44. The number of Topliss-reactive ketones (excluding diaryl/α,β-unsaturated/α-hetero) is 1. The van der Waals surface area contributed by atoms with Gasteiger partial charge in [0.1, 0.15) is 0 Å². The Morgan fingerprint density at radius 2 is 1.79 bits per heavy atom. The minimum Gasteiger partial charge on any atom is -0.399 e. The van der Waals surface area contributed by atoms with Crippen LogP contribution in [-0.2, 0) is 16.0 Å². The van der Waals surface area contributed by atoms with Gasteiger partial charge in [0.05, 0.1) is 0 Å². The third kappa shape index (κ3) is 4.61. The number of rotatable bonds is 4. The molecule has 104 valence electrons. The van der Waals surface area contributed by atoms with E-state index in [4.69, 9.17) is 5.73 Å². The number of nitrogen functional groups attached to an aromatic ring is 1. The summed E-state index contributed by atoms with van der Waals surface area (Å²) < 4.78 is 36.0. The number of halogens is 3. The van der Waals surface area contributed by atoms with Crippen molar-refractivity contribution in [3.63, 3.8) is 0 Å². The predicted molar refractivity (Wildman–Crippen MR) is 63.2 cm³/mol. The summed E-state index contributed by atoms with van der Waals surface area (Å²) in [5.74, 6) is -4.04. The Hall–Kier alpha value is -2.05. The van der Waals surface area contributed by atoms with E-state index < -0.39 is 23.9 Å². The molecule has 0 radical (unpaired) electrons. The monoisotopic (exact) mass is 274 g/mol. The number of hydrogen-bond acceptors (Lipinski definition) is 3. The second-order valence-electron chi connectivity index (χ2n) is 4.15. The van der Waals surface area contributed by atoms with Gasteiger partial charge in [-0.05, 0) is 31.0 Å². The molecular weight excluding hydrogens is 261 g/mol. The van der Waals surface area contributed by atoms with Gasteiger partial charge in [0.2, 0.25) is 0 Å². The summed E-state index contributed by atoms with van der Waals surface area (Å²) in [5, 5.41) is 2.01. The summed E-state index contributed by atoms with van der Waals surface area (Å²) in [4.78, 5) is 21.7. The molecule has 1 atom stereocenters. The summed E-state index contributed by atoms with van der Waals surface area (Å²) in [6.07, 6.45) is -4.85. The first-order valence-corrected chi connectivity index (χ1v) is 5.46. The van der Waals surface area contributed by atoms with Crippen molar-refractivity contribution >= 4 is 17.4 Å². The van der Waals surface area contributed by atoms with Gasteiger partial charge in [0.25, 0.3) is 5.91 Å². The average Bonchev–Trinajstić information content (AvgIpc) is 2.29. The molecular formula is C12H13F3N2O2. The molecule has 0 spiro atoms. The average molecular weight is 274 g/mol. The Balaban J connectivity index is 2.56. The maximum Gasteiger partial charge on any atom is 0.460 e. The molecule has 1 amide bonds. The largest absolute Gasteiger partial charge is 0.460 e. The number of carbonyl (C=O) groups excluding carboxylic acids is 2. The number of nitrogens with one attached hydrogen (secondary N) is 1. The number of amides is 1. The summed E-state index contributed by atoms with van der Waals surface area (Å²) in [5.41, 5.74) is 6.84. The van der Waals surface area contributed by atoms with Crippen molar-refractivity contribution in [2.75, 3.05) is 5.73 Å². The van der Waals surface area contributed by atoms with Crippen LogP contribution in [0, 0.1) is 0 Å². The van der Waals surface area contributed by atoms with Gasteiger partial charge in [0, 0.05) is 11.7 Å². The molecule has 7 heteroatoms. The Morgan fingerprint density at radius 3 is 2.26 bits per heavy atom. The Kier molecular flexibility index (Phi) is 4.52. The molecule has 0 aliphatic rings. The third-order valence-electron chi connectivity index (χ3n) is 2.36. The van der Waals surface area contributed by atoms with E-state index in [1.165, 1.54) is 6.92 Å². The van der Waals surface area contributed by atoms with Crippen molar-refractivity contribution in [1.29, 1.82) is 0 Å². The van der Waals surface area contributed by atoms with Crippen LogP contribution in [0.5, 0.6) is 0 Å². The first-order valence-electron chi connectivity index (χ1n) is 5.46. The van der Waals surface area contributed by atoms with Crippen LogP contribution in [0.1, 0.15) is 12.5 Å². The number of anilines is 1. The topological polar surface area (TPSA) is 72.2 Å². The van der Waals surface area contributed by atoms with Crippen LogP contribution in [0.2, 0.25) is 0 Å². The van der Waals surface area contributed by atoms with Gasteiger partial charge in [-0.25, -0.2) is 0 Å². The molecule has 19 heavy (non-hydrogen) atoms. The van der Waals surface area contributed by atoms with Crippen molar-refractivity contribution in [2.45, 2.75) is 25.6 Å². The van der Waals surface area contributed by atoms with Gasteiger partial charge in [-0.15, -0.1) is 0 Å². The fraction of sp³-hybridized carbons (Fsp3) is 0.333. The Morgan fingerprint density at radius 1 is 1.26 bits per heavy atom. The van der Waals surface area contributed by atoms with Crippen LogP contribution < -0.4 is 11.1 Å². The van der Waals surface area contributed by atoms with Crippen molar-refractivity contribution < 1.29 is 22.8 Å². The molecule has 4 nitrogen and oxygen atoms in total. The zero-order chi connectivity index (χ0) is 14.6. The maximum absolute atomic E-state index is 12.0. The van der Waals surface area contributed by atoms with Crippen molar-refractivity contribution in [2.24, 2.45) is 0 Å². The van der Waals surface area contributed by atoms with Crippen molar-refractivity contribution in [1.82, 2.24) is 5.32 Å². The first kappa shape index (κ1) is 15.0. The number of benzene rings is 1. The highest BCUT2D eigenvalue weighted by molar-refractivity contribution is 6.38. The molecule has 1 rings (SSSR count). The van der Waals surface area contributed by atoms with E-state index in [9.17, 15) is 22.8 Å². The van der Waals surface area contributed by atoms with E-state index >= 15 is 0 Å². The molecule has 0 saturated heterocycles. The molecule has 3 N–H and O–H groups in total. The predicted octanol–water partition coefficient (Wildman–Crippen LogP) is 1.45. The van der Waals surface area contributed by atoms with Crippen LogP contribution >= 0.6 is 0 Å². The summed E-state index contributed by atoms with van der Waals surface area (Å²) in [6, 6.07) is 6.09. The minimum absolute atomic E-state index is 0.303. The standard InChI is InChI=1S/C12H13F3N2O2/c1-7(6-8-2-4-9(16)5-3-8)17-11(19)10(18)12(13,14)15/h2-5,7H,6,16H2,1H3,(H,17,19)/t7-/m0/s1. The lowest BCUT2D eigenvalue weighted by Gasteiger charge is -2.14. The number of carbonyl (C=O) groups is 2. The van der Waals surface area contributed by atoms with Crippen molar-refractivity contribution in [3.05, 3.63) is 29.8 Å². The normalized spacial score (nSPS) is 12.8. The minimum atomic E-state index is -5.15. The Labute approximate surface area is 107 Å². The lowest BCUT2D eigenvalue weighted by atomic mass is 10.1. The summed E-state index contributed by atoms with van der Waals surface area (Å²) in [7, 11) is 0. The number of nitrogens with two attached hydrogens (primary N) is 1. The fourth-order valence-corrected chi connectivity index (χ4v) is 1.48. The molecule has 0 bridgehead atoms. The van der Waals surface area contributed by atoms with Gasteiger partial charge >= 0.3 is 12.0 Å². The highest BCUT2D eigenvalue weighted by atomic mass is 19.4. The molecule has 0 fully saturated rings. The van der Waals surface area contributed by atoms with Gasteiger partial charge in [-0.1, -0.05) is 12.1 Å². The van der Waals surface area contributed by atoms with Crippen molar-refractivity contribution in [3.8, 4) is 0 Å². The van der Waals surface area contributed by atoms with Gasteiger partial charge in [-0.2, -0.15) is 13.2 Å². The maximum atomic E-state index is 12.0. The Bertz CT molecular complexity index is 469. The van der Waals surface area contributed by atoms with Gasteiger partial charge in [-0.3, -0.25) is 9.59 Å². The molecule has 0 heterocycles. The second kappa shape index (κ2) is 5.73. The SMILES string of the molecule is C[C@@H](Cc1ccc(N)cc1)NC(=O)C(=O)C(F)(F)F. The van der Waals surface area contributed by atoms with E-state index in [1.54, 1.807) is 24.3 Å². The second-order valence-corrected chi connectivity index (χ2v) is 4.15. The highest BCUT2D eigenvalue weighted by Crippen LogP contribution is 2.16. The molecule has 0 aliphatic heterocycles. The fourth-order valence-electron chi connectivity index (χ4n) is 1.48. The first-order chi connectivity index (χ1) is 8.70. The lowest BCUT2D eigenvalue weighted by molar-refractivity contribution is -0.175. The van der Waals surface area contributed by atoms with Gasteiger partial charge < -0.3 is 11.1 Å². The smallest absolute Gasteiger partial charge is 0.399 e. The van der Waals surface area contributed by atoms with Crippen LogP contribution in [0.15, 0.2) is 24.3 Å². The molecule has 0 saturated carbocycles. The zero-order valence-electron chi connectivity index (χ0n) is 10.1. The summed E-state index contributed by atoms with van der Waals surface area (Å²) >= 11 is 0. The number of ketones is 1. The number of alkyl halides is 3. The molecule has 0 aliphatic carbocycles. The molecule has 0 unspecified atom stereocenters. The van der Waals surface area contributed by atoms with Crippen LogP contribution in [-0.4, -0.2) is 23.9 Å². The summed E-state index contributed by atoms with van der Waals surface area (Å²) in [6.45, 7) is 1.51. The zero-order valence-corrected chi connectivity index (χ0v) is 10.1. The van der Waals surface area contributed by atoms with Crippen LogP contribution in [0.3, 0.4) is 0 Å². The van der Waals surface area contributed by atoms with Crippen LogP contribution in [0.25, 0.3) is 0 Å². The highest BCUT2D eigenvalue weighted by Gasteiger charge is 2.43. The molecule has 0 aromatic heterocycles. The van der Waals surface area contributed by atoms with E-state index in [-0.39, 0.29) is 0 Å². The quantitative estimate of drug-likeness (QED) is 0.644. The van der Waals surface area contributed by atoms with E-state index in [0.717, 1.165) is 5.56 Å². The molecule has 1 aromatic rings. The van der Waals surface area contributed by atoms with Gasteiger partial charge in [0.15, 0.2) is 0 Å². The van der Waals surface area contributed by atoms with E-state index in [0.29, 0.717) is 12.1 Å². The van der Waals surface area contributed by atoms with E-state index in [2.05, 4.69) is 0 Å². The molecule has 1 aromatic carbocycles. The third-order valence-corrected chi connectivity index (χ3v) is 2.36. The van der Waals surface area contributed by atoms with E-state index in [1.807, 2.05) is 5.32 Å².